The predicted molar refractivity (Wildman–Crippen MR) is 80.1 cm³/mol. The van der Waals surface area contributed by atoms with Gasteiger partial charge in [-0.15, -0.1) is 0 Å². The number of urea groups is 1. The molecule has 2 saturated heterocycles. The molecule has 0 aliphatic carbocycles. The summed E-state index contributed by atoms with van der Waals surface area (Å²) in [6.07, 6.45) is -2.56. The van der Waals surface area contributed by atoms with E-state index in [1.165, 1.54) is 4.90 Å². The van der Waals surface area contributed by atoms with Crippen molar-refractivity contribution in [2.75, 3.05) is 32.8 Å². The average Bonchev–Trinajstić information content (AvgIpc) is 3.03. The zero-order chi connectivity index (χ0) is 17.0. The topological polar surface area (TPSA) is 53.6 Å². The molecule has 2 N–H and O–H groups in total. The van der Waals surface area contributed by atoms with E-state index < -0.39 is 12.7 Å². The highest BCUT2D eigenvalue weighted by Crippen LogP contribution is 2.26. The number of amides is 2. The maximum Gasteiger partial charge on any atom is 0.401 e. The maximum absolute atomic E-state index is 12.3. The fraction of sp³-hybridized carbons (Fsp3) is 0.933. The molecular formula is C15H26F3N3O2. The molecule has 2 amide bonds. The summed E-state index contributed by atoms with van der Waals surface area (Å²) >= 11 is 0. The van der Waals surface area contributed by atoms with E-state index in [0.29, 0.717) is 38.0 Å². The molecule has 2 rings (SSSR count). The number of nitrogens with zero attached hydrogens (tertiary/aromatic N) is 1. The fourth-order valence-corrected chi connectivity index (χ4v) is 3.42. The summed E-state index contributed by atoms with van der Waals surface area (Å²) in [5.41, 5.74) is 0. The Balaban J connectivity index is 1.68. The molecule has 0 aromatic carbocycles. The number of alkyl halides is 3. The Bertz CT molecular complexity index is 404. The molecule has 0 spiro atoms. The summed E-state index contributed by atoms with van der Waals surface area (Å²) < 4.78 is 42.7. The number of hydrogen-bond acceptors (Lipinski definition) is 3. The SMILES string of the molecule is CC(C)[C@@H]1OCC[C@H]1CNC(=O)N[C@@H]1CCN(CC(F)(F)F)C1. The standard InChI is InChI=1S/C15H26F3N3O2/c1-10(2)13-11(4-6-23-13)7-19-14(22)20-12-3-5-21(8-12)9-15(16,17)18/h10-13H,3-9H2,1-2H3,(H2,19,20,22)/t11-,12+,13-/m0/s1. The van der Waals surface area contributed by atoms with Crippen LogP contribution >= 0.6 is 0 Å². The molecule has 2 aliphatic heterocycles. The van der Waals surface area contributed by atoms with Gasteiger partial charge in [0.2, 0.25) is 0 Å². The first-order chi connectivity index (χ1) is 10.7. The second kappa shape index (κ2) is 7.70. The lowest BCUT2D eigenvalue weighted by molar-refractivity contribution is -0.143. The largest absolute Gasteiger partial charge is 0.401 e. The summed E-state index contributed by atoms with van der Waals surface area (Å²) in [5.74, 6) is 0.698. The number of carbonyl (C=O) groups is 1. The molecule has 134 valence electrons. The number of carbonyl (C=O) groups excluding carboxylic acids is 1. The molecule has 3 atom stereocenters. The summed E-state index contributed by atoms with van der Waals surface area (Å²) in [4.78, 5) is 13.2. The van der Waals surface area contributed by atoms with Crippen molar-refractivity contribution in [2.45, 2.75) is 45.0 Å². The highest BCUT2D eigenvalue weighted by Gasteiger charge is 2.35. The van der Waals surface area contributed by atoms with Gasteiger partial charge in [-0.25, -0.2) is 4.79 Å². The van der Waals surface area contributed by atoms with Crippen LogP contribution in [0, 0.1) is 11.8 Å². The molecular weight excluding hydrogens is 311 g/mol. The maximum atomic E-state index is 12.3. The monoisotopic (exact) mass is 337 g/mol. The van der Waals surface area contributed by atoms with Gasteiger partial charge in [0.15, 0.2) is 0 Å². The van der Waals surface area contributed by atoms with E-state index >= 15 is 0 Å². The van der Waals surface area contributed by atoms with Crippen molar-refractivity contribution in [1.29, 1.82) is 0 Å². The van der Waals surface area contributed by atoms with Crippen molar-refractivity contribution < 1.29 is 22.7 Å². The predicted octanol–water partition coefficient (Wildman–Crippen LogP) is 1.98. The second-order valence-electron chi connectivity index (χ2n) is 6.82. The molecule has 5 nitrogen and oxygen atoms in total. The van der Waals surface area contributed by atoms with Crippen LogP contribution in [0.1, 0.15) is 26.7 Å². The summed E-state index contributed by atoms with van der Waals surface area (Å²) in [6.45, 7) is 5.12. The smallest absolute Gasteiger partial charge is 0.378 e. The Kier molecular flexibility index (Phi) is 6.13. The van der Waals surface area contributed by atoms with Gasteiger partial charge in [-0.2, -0.15) is 13.2 Å². The molecule has 0 radical (unpaired) electrons. The minimum absolute atomic E-state index is 0.157. The minimum atomic E-state index is -4.19. The molecule has 0 aromatic rings. The summed E-state index contributed by atoms with van der Waals surface area (Å²) in [5, 5.41) is 5.59. The molecule has 0 bridgehead atoms. The van der Waals surface area contributed by atoms with Gasteiger partial charge >= 0.3 is 12.2 Å². The molecule has 2 fully saturated rings. The number of ether oxygens (including phenoxy) is 1. The van der Waals surface area contributed by atoms with E-state index in [-0.39, 0.29) is 24.7 Å². The van der Waals surface area contributed by atoms with Gasteiger partial charge in [0.05, 0.1) is 12.6 Å². The second-order valence-corrected chi connectivity index (χ2v) is 6.82. The first-order valence-electron chi connectivity index (χ1n) is 8.19. The Morgan fingerprint density at radius 1 is 1.35 bits per heavy atom. The molecule has 2 aliphatic rings. The molecule has 23 heavy (non-hydrogen) atoms. The third kappa shape index (κ3) is 5.84. The first kappa shape index (κ1) is 18.3. The van der Waals surface area contributed by atoms with Crippen LogP contribution in [-0.2, 0) is 4.74 Å². The zero-order valence-electron chi connectivity index (χ0n) is 13.7. The zero-order valence-corrected chi connectivity index (χ0v) is 13.7. The van der Waals surface area contributed by atoms with Crippen molar-refractivity contribution in [3.8, 4) is 0 Å². The summed E-state index contributed by atoms with van der Waals surface area (Å²) in [6, 6.07) is -0.531. The quantitative estimate of drug-likeness (QED) is 0.807. The van der Waals surface area contributed by atoms with Gasteiger partial charge in [0, 0.05) is 38.2 Å². The Hall–Kier alpha value is -1.02. The van der Waals surface area contributed by atoms with Crippen molar-refractivity contribution in [1.82, 2.24) is 15.5 Å². The number of likely N-dealkylation sites (tertiary alicyclic amines) is 1. The Labute approximate surface area is 134 Å². The van der Waals surface area contributed by atoms with E-state index in [4.69, 9.17) is 4.74 Å². The number of halogens is 3. The van der Waals surface area contributed by atoms with Gasteiger partial charge in [-0.3, -0.25) is 4.90 Å². The van der Waals surface area contributed by atoms with Gasteiger partial charge in [0.1, 0.15) is 0 Å². The molecule has 0 unspecified atom stereocenters. The first-order valence-corrected chi connectivity index (χ1v) is 8.19. The fourth-order valence-electron chi connectivity index (χ4n) is 3.42. The molecule has 0 aromatic heterocycles. The third-order valence-corrected chi connectivity index (χ3v) is 4.46. The van der Waals surface area contributed by atoms with Crippen LogP contribution in [0.25, 0.3) is 0 Å². The van der Waals surface area contributed by atoms with Crippen molar-refractivity contribution in [3.05, 3.63) is 0 Å². The van der Waals surface area contributed by atoms with Crippen LogP contribution in [0.5, 0.6) is 0 Å². The molecule has 8 heteroatoms. The van der Waals surface area contributed by atoms with Gasteiger partial charge in [-0.05, 0) is 18.8 Å². The van der Waals surface area contributed by atoms with Crippen molar-refractivity contribution in [3.63, 3.8) is 0 Å². The van der Waals surface area contributed by atoms with Crippen LogP contribution < -0.4 is 10.6 Å². The van der Waals surface area contributed by atoms with Gasteiger partial charge in [0.25, 0.3) is 0 Å². The number of rotatable bonds is 5. The van der Waals surface area contributed by atoms with Crippen molar-refractivity contribution in [2.24, 2.45) is 11.8 Å². The van der Waals surface area contributed by atoms with Crippen LogP contribution in [-0.4, -0.2) is 62.0 Å². The molecule has 2 heterocycles. The normalized spacial score (nSPS) is 29.2. The van der Waals surface area contributed by atoms with Crippen LogP contribution in [0.4, 0.5) is 18.0 Å². The lowest BCUT2D eigenvalue weighted by Gasteiger charge is -2.23. The number of nitrogens with one attached hydrogen (secondary N) is 2. The Morgan fingerprint density at radius 3 is 2.74 bits per heavy atom. The Morgan fingerprint density at radius 2 is 2.09 bits per heavy atom. The highest BCUT2D eigenvalue weighted by molar-refractivity contribution is 5.74. The van der Waals surface area contributed by atoms with Crippen LogP contribution in [0.2, 0.25) is 0 Å². The van der Waals surface area contributed by atoms with Gasteiger partial charge in [-0.1, -0.05) is 13.8 Å². The van der Waals surface area contributed by atoms with E-state index in [1.54, 1.807) is 0 Å². The third-order valence-electron chi connectivity index (χ3n) is 4.46. The van der Waals surface area contributed by atoms with Gasteiger partial charge < -0.3 is 15.4 Å². The average molecular weight is 337 g/mol. The molecule has 0 saturated carbocycles. The highest BCUT2D eigenvalue weighted by atomic mass is 19.4. The minimum Gasteiger partial charge on any atom is -0.378 e. The van der Waals surface area contributed by atoms with E-state index in [1.807, 2.05) is 0 Å². The summed E-state index contributed by atoms with van der Waals surface area (Å²) in [7, 11) is 0. The van der Waals surface area contributed by atoms with E-state index in [2.05, 4.69) is 24.5 Å². The van der Waals surface area contributed by atoms with Crippen molar-refractivity contribution >= 4 is 6.03 Å². The number of hydrogen-bond donors (Lipinski definition) is 2. The van der Waals surface area contributed by atoms with E-state index in [9.17, 15) is 18.0 Å². The van der Waals surface area contributed by atoms with Crippen LogP contribution in [0.15, 0.2) is 0 Å². The lowest BCUT2D eigenvalue weighted by atomic mass is 9.93. The van der Waals surface area contributed by atoms with E-state index in [0.717, 1.165) is 6.42 Å². The lowest BCUT2D eigenvalue weighted by Crippen LogP contribution is -2.46. The van der Waals surface area contributed by atoms with Crippen LogP contribution in [0.3, 0.4) is 0 Å².